The van der Waals surface area contributed by atoms with Crippen molar-refractivity contribution in [2.45, 2.75) is 57.1 Å². The number of nitrogens with one attached hydrogen (secondary N) is 1. The lowest BCUT2D eigenvalue weighted by Gasteiger charge is -2.44. The Labute approximate surface area is 181 Å². The second-order valence-electron chi connectivity index (χ2n) is 8.47. The van der Waals surface area contributed by atoms with Gasteiger partial charge in [0.25, 0.3) is 11.8 Å². The molecule has 2 N–H and O–H groups in total. The zero-order valence-electron chi connectivity index (χ0n) is 17.2. The Hall–Kier alpha value is -3.27. The fourth-order valence-electron chi connectivity index (χ4n) is 4.92. The number of rotatable bonds is 3. The molecule has 2 bridgehead atoms. The molecule has 1 saturated heterocycles. The maximum atomic E-state index is 14.0. The molecule has 1 aromatic carbocycles. The average molecular weight is 445 g/mol. The zero-order valence-corrected chi connectivity index (χ0v) is 17.2. The highest BCUT2D eigenvalue weighted by Gasteiger charge is 2.47. The largest absolute Gasteiger partial charge is 0.503 e. The number of halogens is 2. The molecule has 5 rings (SSSR count). The van der Waals surface area contributed by atoms with E-state index in [1.54, 1.807) is 4.90 Å². The number of carbonyl (C=O) groups excluding carboxylic acids is 2. The van der Waals surface area contributed by atoms with Crippen LogP contribution in [0.15, 0.2) is 29.2 Å². The maximum Gasteiger partial charge on any atom is 0.276 e. The van der Waals surface area contributed by atoms with Gasteiger partial charge in [0.15, 0.2) is 17.7 Å². The molecule has 3 heterocycles. The Kier molecular flexibility index (Phi) is 4.77. The first-order valence-corrected chi connectivity index (χ1v) is 10.4. The van der Waals surface area contributed by atoms with Crippen LogP contribution in [0.25, 0.3) is 0 Å². The number of carbonyl (C=O) groups is 2. The van der Waals surface area contributed by atoms with E-state index in [4.69, 9.17) is 4.74 Å². The normalized spacial score (nSPS) is 24.7. The van der Waals surface area contributed by atoms with Gasteiger partial charge in [-0.05, 0) is 32.3 Å². The average Bonchev–Trinajstić information content (AvgIpc) is 3.11. The highest BCUT2D eigenvalue weighted by Crippen LogP contribution is 2.38. The summed E-state index contributed by atoms with van der Waals surface area (Å²) >= 11 is 0. The Morgan fingerprint density at radius 3 is 2.81 bits per heavy atom. The molecule has 32 heavy (non-hydrogen) atoms. The van der Waals surface area contributed by atoms with E-state index in [2.05, 4.69) is 5.32 Å². The summed E-state index contributed by atoms with van der Waals surface area (Å²) in [6.45, 7) is 1.65. The van der Waals surface area contributed by atoms with Crippen molar-refractivity contribution < 1.29 is 28.2 Å². The van der Waals surface area contributed by atoms with Gasteiger partial charge in [0.2, 0.25) is 5.43 Å². The number of ether oxygens (including phenoxy) is 1. The molecule has 10 heteroatoms. The van der Waals surface area contributed by atoms with Gasteiger partial charge in [0.1, 0.15) is 17.2 Å². The van der Waals surface area contributed by atoms with Crippen LogP contribution in [-0.2, 0) is 11.3 Å². The predicted molar refractivity (Wildman–Crippen MR) is 107 cm³/mol. The Bertz CT molecular complexity index is 1200. The van der Waals surface area contributed by atoms with Crippen LogP contribution in [0.2, 0.25) is 0 Å². The molecule has 2 fully saturated rings. The second kappa shape index (κ2) is 7.40. The van der Waals surface area contributed by atoms with Crippen molar-refractivity contribution in [3.63, 3.8) is 0 Å². The lowest BCUT2D eigenvalue weighted by Crippen LogP contribution is -2.57. The lowest BCUT2D eigenvalue weighted by molar-refractivity contribution is -0.132. The van der Waals surface area contributed by atoms with Crippen molar-refractivity contribution in [2.24, 2.45) is 0 Å². The highest BCUT2D eigenvalue weighted by molar-refractivity contribution is 5.99. The fourth-order valence-corrected chi connectivity index (χ4v) is 4.92. The van der Waals surface area contributed by atoms with E-state index in [0.29, 0.717) is 6.07 Å². The van der Waals surface area contributed by atoms with Crippen molar-refractivity contribution in [1.82, 2.24) is 14.8 Å². The van der Waals surface area contributed by atoms with E-state index in [9.17, 15) is 28.3 Å². The zero-order chi connectivity index (χ0) is 22.7. The summed E-state index contributed by atoms with van der Waals surface area (Å²) in [6, 6.07) is 2.10. The van der Waals surface area contributed by atoms with Gasteiger partial charge in [0, 0.05) is 23.9 Å². The molecule has 4 atom stereocenters. The van der Waals surface area contributed by atoms with Gasteiger partial charge in [-0.2, -0.15) is 0 Å². The van der Waals surface area contributed by atoms with Crippen LogP contribution >= 0.6 is 0 Å². The Balaban J connectivity index is 1.46. The number of benzene rings is 1. The number of aromatic hydroxyl groups is 1. The van der Waals surface area contributed by atoms with Crippen molar-refractivity contribution in [1.29, 1.82) is 0 Å². The summed E-state index contributed by atoms with van der Waals surface area (Å²) in [5.41, 5.74) is -1.51. The van der Waals surface area contributed by atoms with Gasteiger partial charge >= 0.3 is 0 Å². The first-order chi connectivity index (χ1) is 15.2. The molecule has 168 valence electrons. The summed E-state index contributed by atoms with van der Waals surface area (Å²) in [6.07, 6.45) is 3.12. The van der Waals surface area contributed by atoms with Crippen molar-refractivity contribution in [3.8, 4) is 5.75 Å². The number of aromatic nitrogens is 1. The molecule has 0 spiro atoms. The first kappa shape index (κ1) is 20.6. The number of nitrogens with zero attached hydrogens (tertiary/aromatic N) is 2. The topological polar surface area (TPSA) is 101 Å². The fraction of sp³-hybridized carbons (Fsp3) is 0.409. The summed E-state index contributed by atoms with van der Waals surface area (Å²) in [4.78, 5) is 40.2. The van der Waals surface area contributed by atoms with Gasteiger partial charge < -0.3 is 24.6 Å². The number of hydrogen-bond donors (Lipinski definition) is 2. The van der Waals surface area contributed by atoms with Gasteiger partial charge in [-0.25, -0.2) is 8.78 Å². The molecular formula is C22H21F2N3O5. The molecular weight excluding hydrogens is 424 g/mol. The molecule has 1 aromatic heterocycles. The number of amides is 2. The monoisotopic (exact) mass is 445 g/mol. The standard InChI is InChI=1S/C22H21F2N3O5/c1-10(14-5-2-11(23)6-16(14)24)25-21(30)15-8-26-9-17-27(12-3-4-13(7-12)32-17)22(31)18(26)20(29)19(15)28/h2,5-6,8,10,12-13,17,29H,3-4,7,9H2,1H3,(H,25,30). The van der Waals surface area contributed by atoms with Crippen molar-refractivity contribution in [3.05, 3.63) is 63.1 Å². The maximum absolute atomic E-state index is 14.0. The molecule has 0 radical (unpaired) electrons. The molecule has 1 saturated carbocycles. The molecule has 1 aliphatic carbocycles. The molecule has 2 aromatic rings. The summed E-state index contributed by atoms with van der Waals surface area (Å²) in [5.74, 6) is -3.75. The minimum atomic E-state index is -0.991. The van der Waals surface area contributed by atoms with Crippen molar-refractivity contribution >= 4 is 11.8 Å². The van der Waals surface area contributed by atoms with Gasteiger partial charge in [0.05, 0.1) is 18.7 Å². The lowest BCUT2D eigenvalue weighted by atomic mass is 10.1. The van der Waals surface area contributed by atoms with Crippen LogP contribution in [-0.4, -0.2) is 44.8 Å². The van der Waals surface area contributed by atoms with Crippen LogP contribution in [0.1, 0.15) is 58.6 Å². The van der Waals surface area contributed by atoms with E-state index >= 15 is 0 Å². The van der Waals surface area contributed by atoms with Crippen LogP contribution in [0.4, 0.5) is 8.78 Å². The van der Waals surface area contributed by atoms with Crippen LogP contribution in [0.5, 0.6) is 5.75 Å². The molecule has 2 amide bonds. The summed E-state index contributed by atoms with van der Waals surface area (Å²) < 4.78 is 34.5. The van der Waals surface area contributed by atoms with Gasteiger partial charge in [-0.3, -0.25) is 14.4 Å². The van der Waals surface area contributed by atoms with Crippen LogP contribution in [0.3, 0.4) is 0 Å². The molecule has 4 unspecified atom stereocenters. The molecule has 8 nitrogen and oxygen atoms in total. The second-order valence-corrected chi connectivity index (χ2v) is 8.47. The third-order valence-electron chi connectivity index (χ3n) is 6.48. The van der Waals surface area contributed by atoms with Crippen molar-refractivity contribution in [2.75, 3.05) is 0 Å². The van der Waals surface area contributed by atoms with E-state index in [1.165, 1.54) is 23.8 Å². The van der Waals surface area contributed by atoms with Gasteiger partial charge in [-0.15, -0.1) is 0 Å². The number of pyridine rings is 1. The van der Waals surface area contributed by atoms with E-state index in [-0.39, 0.29) is 35.5 Å². The molecule has 2 aliphatic heterocycles. The number of fused-ring (bicyclic) bond motifs is 5. The van der Waals surface area contributed by atoms with E-state index in [1.807, 2.05) is 0 Å². The first-order valence-electron chi connectivity index (χ1n) is 10.4. The predicted octanol–water partition coefficient (Wildman–Crippen LogP) is 2.06. The minimum absolute atomic E-state index is 0.00364. The summed E-state index contributed by atoms with van der Waals surface area (Å²) in [7, 11) is 0. The highest BCUT2D eigenvalue weighted by atomic mass is 19.1. The van der Waals surface area contributed by atoms with Gasteiger partial charge in [-0.1, -0.05) is 6.07 Å². The summed E-state index contributed by atoms with van der Waals surface area (Å²) in [5, 5.41) is 13.0. The van der Waals surface area contributed by atoms with E-state index < -0.39 is 46.9 Å². The van der Waals surface area contributed by atoms with E-state index in [0.717, 1.165) is 25.3 Å². The quantitative estimate of drug-likeness (QED) is 0.753. The minimum Gasteiger partial charge on any atom is -0.503 e. The smallest absolute Gasteiger partial charge is 0.276 e. The Morgan fingerprint density at radius 2 is 2.06 bits per heavy atom. The van der Waals surface area contributed by atoms with Crippen LogP contribution in [0, 0.1) is 11.6 Å². The van der Waals surface area contributed by atoms with Crippen LogP contribution < -0.4 is 10.7 Å². The SMILES string of the molecule is CC(NC(=O)c1cn2c(c(O)c1=O)C(=O)N1C3CCC(C3)OC1C2)c1ccc(F)cc1F. The number of hydrogen-bond acceptors (Lipinski definition) is 5. The molecule has 3 aliphatic rings. The third-order valence-corrected chi connectivity index (χ3v) is 6.48. The Morgan fingerprint density at radius 1 is 1.28 bits per heavy atom. The third kappa shape index (κ3) is 3.17.